The zero-order chi connectivity index (χ0) is 38.2. The molecule has 0 radical (unpaired) electrons. The van der Waals surface area contributed by atoms with Crippen molar-refractivity contribution in [3.05, 3.63) is 105 Å². The molecule has 2 amide bonds. The van der Waals surface area contributed by atoms with Gasteiger partial charge in [0, 0.05) is 11.9 Å². The molecule has 2 aromatic heterocycles. The van der Waals surface area contributed by atoms with Crippen molar-refractivity contribution in [1.29, 1.82) is 0 Å². The summed E-state index contributed by atoms with van der Waals surface area (Å²) < 4.78 is 106. The molecular weight excluding hydrogens is 708 g/mol. The number of alkyl halides is 6. The zero-order valence-electron chi connectivity index (χ0n) is 27.8. The second-order valence-corrected chi connectivity index (χ2v) is 13.0. The summed E-state index contributed by atoms with van der Waals surface area (Å²) in [5.41, 5.74) is 3.87. The van der Waals surface area contributed by atoms with Crippen LogP contribution in [0.15, 0.2) is 48.8 Å². The summed E-state index contributed by atoms with van der Waals surface area (Å²) in [4.78, 5) is 25.0. The van der Waals surface area contributed by atoms with Crippen LogP contribution in [0.3, 0.4) is 0 Å². The van der Waals surface area contributed by atoms with Gasteiger partial charge in [-0.15, -0.1) is 0 Å². The molecule has 0 spiro atoms. The van der Waals surface area contributed by atoms with Crippen LogP contribution in [-0.4, -0.2) is 54.1 Å². The molecule has 10 nitrogen and oxygen atoms in total. The number of rotatable bonds is 6. The van der Waals surface area contributed by atoms with Gasteiger partial charge in [-0.3, -0.25) is 29.4 Å². The van der Waals surface area contributed by atoms with E-state index in [1.807, 2.05) is 0 Å². The number of aromatic nitrogens is 4. The molecule has 2 heterocycles. The van der Waals surface area contributed by atoms with Gasteiger partial charge in [-0.2, -0.15) is 36.5 Å². The highest BCUT2D eigenvalue weighted by Crippen LogP contribution is 2.42. The third-order valence-corrected chi connectivity index (χ3v) is 9.83. The molecular formula is C34H34F8N6O4. The molecule has 2 aromatic carbocycles. The summed E-state index contributed by atoms with van der Waals surface area (Å²) in [5, 5.41) is 26.2. The van der Waals surface area contributed by atoms with E-state index >= 15 is 0 Å². The van der Waals surface area contributed by atoms with Crippen molar-refractivity contribution in [3.8, 4) is 0 Å². The number of carbonyl (C=O) groups excluding carboxylic acids is 2. The molecule has 2 aliphatic rings. The van der Waals surface area contributed by atoms with Crippen molar-refractivity contribution >= 4 is 11.8 Å². The molecule has 2 aliphatic carbocycles. The first kappa shape index (κ1) is 38.4. The third-order valence-electron chi connectivity index (χ3n) is 9.83. The Morgan fingerprint density at radius 1 is 0.788 bits per heavy atom. The number of amides is 2. The molecule has 18 heteroatoms. The normalized spacial score (nSPS) is 19.9. The van der Waals surface area contributed by atoms with Crippen molar-refractivity contribution in [2.24, 2.45) is 0 Å². The number of hydrogen-bond donors (Lipinski definition) is 4. The van der Waals surface area contributed by atoms with Crippen LogP contribution >= 0.6 is 0 Å². The highest BCUT2D eigenvalue weighted by atomic mass is 19.4. The van der Waals surface area contributed by atoms with Crippen LogP contribution in [0.25, 0.3) is 0 Å². The van der Waals surface area contributed by atoms with Gasteiger partial charge in [0.15, 0.2) is 0 Å². The first-order valence-electron chi connectivity index (χ1n) is 16.0. The maximum absolute atomic E-state index is 14.0. The van der Waals surface area contributed by atoms with Crippen LogP contribution < -0.4 is 11.0 Å². The van der Waals surface area contributed by atoms with Crippen molar-refractivity contribution in [2.45, 2.75) is 88.6 Å². The van der Waals surface area contributed by atoms with Gasteiger partial charge in [0.25, 0.3) is 11.8 Å². The minimum Gasteiger partial charge on any atom is -0.289 e. The Hall–Kier alpha value is -4.84. The van der Waals surface area contributed by atoms with Crippen LogP contribution in [0, 0.1) is 25.5 Å². The predicted octanol–water partition coefficient (Wildman–Crippen LogP) is 5.65. The Labute approximate surface area is 291 Å². The summed E-state index contributed by atoms with van der Waals surface area (Å²) in [6.07, 6.45) is -5.50. The van der Waals surface area contributed by atoms with Crippen molar-refractivity contribution in [3.63, 3.8) is 0 Å². The van der Waals surface area contributed by atoms with Gasteiger partial charge in [0.05, 0.1) is 22.7 Å². The first-order valence-corrected chi connectivity index (χ1v) is 16.0. The second-order valence-electron chi connectivity index (χ2n) is 13.0. The Morgan fingerprint density at radius 3 is 1.79 bits per heavy atom. The number of halogens is 8. The van der Waals surface area contributed by atoms with E-state index < -0.39 is 59.7 Å². The maximum atomic E-state index is 14.0. The standard InChI is InChI=1S/2C17H17F4N3O2/c1-10-12(3-2-4-13(10)18)16(15(25)23-26)6-5-14-11(7-16)8-24(22-14)9-17(19,20)21;1-10-12(3-2-4-13(10)18)16(15(25)23-26)6-5-14-11(7-16)8-22-24(14)9-17(19,20)21/h2*2-4,8,26H,5-7,9H2,1H3,(H,23,25). The summed E-state index contributed by atoms with van der Waals surface area (Å²) in [6, 6.07) is 8.65. The molecule has 0 bridgehead atoms. The van der Waals surface area contributed by atoms with E-state index in [9.17, 15) is 55.1 Å². The molecule has 0 saturated heterocycles. The smallest absolute Gasteiger partial charge is 0.289 e. The van der Waals surface area contributed by atoms with E-state index in [4.69, 9.17) is 0 Å². The Kier molecular flexibility index (Phi) is 10.6. The fourth-order valence-electron chi connectivity index (χ4n) is 7.37. The van der Waals surface area contributed by atoms with Gasteiger partial charge in [0.1, 0.15) is 24.7 Å². The SMILES string of the molecule is Cc1c(F)cccc1C1(C(=O)NO)CCc2c(cnn2CC(F)(F)F)C1.Cc1c(F)cccc1C1(C(=O)NO)CCc2nn(CC(F)(F)F)cc2C1. The molecule has 2 unspecified atom stereocenters. The molecule has 6 rings (SSSR count). The number of nitrogens with one attached hydrogen (secondary N) is 2. The topological polar surface area (TPSA) is 134 Å². The molecule has 2 atom stereocenters. The lowest BCUT2D eigenvalue weighted by molar-refractivity contribution is -0.144. The monoisotopic (exact) mass is 742 g/mol. The lowest BCUT2D eigenvalue weighted by atomic mass is 9.67. The fraction of sp³-hybridized carbons (Fsp3) is 0.412. The Bertz CT molecular complexity index is 1900. The summed E-state index contributed by atoms with van der Waals surface area (Å²) >= 11 is 0. The van der Waals surface area contributed by atoms with Gasteiger partial charge >= 0.3 is 12.4 Å². The van der Waals surface area contributed by atoms with Crippen LogP contribution in [0.2, 0.25) is 0 Å². The van der Waals surface area contributed by atoms with Gasteiger partial charge < -0.3 is 0 Å². The fourth-order valence-corrected chi connectivity index (χ4v) is 7.37. The minimum absolute atomic E-state index is 0.0247. The molecule has 0 saturated carbocycles. The second kappa shape index (κ2) is 14.3. The van der Waals surface area contributed by atoms with E-state index in [1.165, 1.54) is 50.5 Å². The lowest BCUT2D eigenvalue weighted by Crippen LogP contribution is -2.48. The van der Waals surface area contributed by atoms with E-state index in [0.29, 0.717) is 33.6 Å². The zero-order valence-corrected chi connectivity index (χ0v) is 27.8. The van der Waals surface area contributed by atoms with Crippen LogP contribution in [0.5, 0.6) is 0 Å². The summed E-state index contributed by atoms with van der Waals surface area (Å²) in [6.45, 7) is 0.623. The van der Waals surface area contributed by atoms with Crippen molar-refractivity contribution in [1.82, 2.24) is 30.5 Å². The van der Waals surface area contributed by atoms with Crippen LogP contribution in [-0.2, 0) is 59.2 Å². The number of carbonyl (C=O) groups is 2. The number of nitrogens with zero attached hydrogens (tertiary/aromatic N) is 4. The van der Waals surface area contributed by atoms with Crippen LogP contribution in [0.4, 0.5) is 35.1 Å². The molecule has 0 fully saturated rings. The number of benzene rings is 2. The van der Waals surface area contributed by atoms with Gasteiger partial charge in [0.2, 0.25) is 0 Å². The van der Waals surface area contributed by atoms with Crippen molar-refractivity contribution in [2.75, 3.05) is 0 Å². The average molecular weight is 743 g/mol. The Morgan fingerprint density at radius 2 is 1.29 bits per heavy atom. The van der Waals surface area contributed by atoms with Crippen molar-refractivity contribution < 1.29 is 55.1 Å². The first-order chi connectivity index (χ1) is 24.3. The molecule has 4 aromatic rings. The number of fused-ring (bicyclic) bond motifs is 2. The summed E-state index contributed by atoms with van der Waals surface area (Å²) in [5.74, 6) is -2.43. The minimum atomic E-state index is -4.41. The molecule has 0 aliphatic heterocycles. The highest BCUT2D eigenvalue weighted by molar-refractivity contribution is 5.89. The quantitative estimate of drug-likeness (QED) is 0.115. The molecule has 4 N–H and O–H groups in total. The molecule has 280 valence electrons. The third kappa shape index (κ3) is 7.53. The number of hydroxylamine groups is 2. The van der Waals surface area contributed by atoms with E-state index in [1.54, 1.807) is 23.1 Å². The predicted molar refractivity (Wildman–Crippen MR) is 166 cm³/mol. The molecule has 52 heavy (non-hydrogen) atoms. The summed E-state index contributed by atoms with van der Waals surface area (Å²) in [7, 11) is 0. The van der Waals surface area contributed by atoms with Gasteiger partial charge in [-0.1, -0.05) is 24.3 Å². The highest BCUT2D eigenvalue weighted by Gasteiger charge is 2.47. The number of aryl methyl sites for hydroxylation is 1. The largest absolute Gasteiger partial charge is 0.408 e. The van der Waals surface area contributed by atoms with E-state index in [2.05, 4.69) is 10.2 Å². The van der Waals surface area contributed by atoms with E-state index in [-0.39, 0.29) is 49.7 Å². The average Bonchev–Trinajstić information content (AvgIpc) is 3.66. The van der Waals surface area contributed by atoms with Crippen LogP contribution in [0.1, 0.15) is 57.6 Å². The number of hydrogen-bond acceptors (Lipinski definition) is 6. The Balaban J connectivity index is 0.000000201. The maximum Gasteiger partial charge on any atom is 0.408 e. The lowest BCUT2D eigenvalue weighted by Gasteiger charge is -2.36. The van der Waals surface area contributed by atoms with Gasteiger partial charge in [-0.25, -0.2) is 19.7 Å². The van der Waals surface area contributed by atoms with E-state index in [0.717, 1.165) is 9.36 Å². The van der Waals surface area contributed by atoms with Gasteiger partial charge in [-0.05, 0) is 97.9 Å².